The van der Waals surface area contributed by atoms with Crippen LogP contribution >= 0.6 is 0 Å². The van der Waals surface area contributed by atoms with Crippen LogP contribution in [0.1, 0.15) is 41.4 Å². The van der Waals surface area contributed by atoms with E-state index in [1.807, 2.05) is 35.4 Å². The summed E-state index contributed by atoms with van der Waals surface area (Å²) in [4.78, 5) is 14.8. The fourth-order valence-electron chi connectivity index (χ4n) is 3.10. The van der Waals surface area contributed by atoms with E-state index in [1.165, 1.54) is 17.7 Å². The zero-order valence-electron chi connectivity index (χ0n) is 15.6. The number of rotatable bonds is 8. The molecule has 0 aliphatic carbocycles. The van der Waals surface area contributed by atoms with E-state index in [9.17, 15) is 9.18 Å². The highest BCUT2D eigenvalue weighted by Gasteiger charge is 2.17. The van der Waals surface area contributed by atoms with Gasteiger partial charge in [0.2, 0.25) is 0 Å². The Morgan fingerprint density at radius 1 is 1.00 bits per heavy atom. The summed E-state index contributed by atoms with van der Waals surface area (Å²) in [6.07, 6.45) is 3.99. The quantitative estimate of drug-likeness (QED) is 0.545. The Morgan fingerprint density at radius 2 is 1.74 bits per heavy atom. The number of hydrogen-bond donors (Lipinski definition) is 0. The van der Waals surface area contributed by atoms with Gasteiger partial charge in [-0.05, 0) is 48.4 Å². The molecule has 3 aromatic rings. The maximum atomic E-state index is 13.2. The van der Waals surface area contributed by atoms with Crippen LogP contribution in [0, 0.1) is 5.82 Å². The van der Waals surface area contributed by atoms with E-state index < -0.39 is 0 Å². The minimum absolute atomic E-state index is 0.0593. The van der Waals surface area contributed by atoms with Crippen LogP contribution < -0.4 is 0 Å². The van der Waals surface area contributed by atoms with E-state index in [1.54, 1.807) is 12.1 Å². The molecule has 1 heterocycles. The molecule has 0 saturated carbocycles. The molecule has 0 aliphatic rings. The number of carbonyl (C=O) groups is 1. The highest BCUT2D eigenvalue weighted by Crippen LogP contribution is 2.14. The topological polar surface area (TPSA) is 25.2 Å². The molecule has 0 bridgehead atoms. The fourth-order valence-corrected chi connectivity index (χ4v) is 3.10. The van der Waals surface area contributed by atoms with E-state index in [-0.39, 0.29) is 11.7 Å². The molecule has 0 fully saturated rings. The van der Waals surface area contributed by atoms with Crippen molar-refractivity contribution >= 4 is 5.91 Å². The minimum atomic E-state index is -0.330. The minimum Gasteiger partial charge on any atom is -0.345 e. The first-order valence-electron chi connectivity index (χ1n) is 9.40. The van der Waals surface area contributed by atoms with Gasteiger partial charge >= 0.3 is 0 Å². The Hall–Kier alpha value is -2.88. The Kier molecular flexibility index (Phi) is 6.42. The Morgan fingerprint density at radius 3 is 2.44 bits per heavy atom. The van der Waals surface area contributed by atoms with Crippen molar-refractivity contribution < 1.29 is 9.18 Å². The van der Waals surface area contributed by atoms with Gasteiger partial charge in [0.25, 0.3) is 5.91 Å². The van der Waals surface area contributed by atoms with Gasteiger partial charge in [0.15, 0.2) is 0 Å². The van der Waals surface area contributed by atoms with Crippen LogP contribution in [0.3, 0.4) is 0 Å². The maximum Gasteiger partial charge on any atom is 0.254 e. The van der Waals surface area contributed by atoms with Gasteiger partial charge < -0.3 is 9.47 Å². The van der Waals surface area contributed by atoms with Crippen LogP contribution in [0.5, 0.6) is 0 Å². The van der Waals surface area contributed by atoms with Crippen LogP contribution in [0.2, 0.25) is 0 Å². The number of unbranched alkanes of at least 4 members (excludes halogenated alkanes) is 1. The zero-order chi connectivity index (χ0) is 19.1. The fraction of sp³-hybridized carbons (Fsp3) is 0.261. The summed E-state index contributed by atoms with van der Waals surface area (Å²) >= 11 is 0. The molecule has 1 aromatic heterocycles. The molecule has 3 nitrogen and oxygen atoms in total. The average molecular weight is 364 g/mol. The van der Waals surface area contributed by atoms with Gasteiger partial charge in [-0.2, -0.15) is 0 Å². The van der Waals surface area contributed by atoms with E-state index in [0.717, 1.165) is 25.1 Å². The van der Waals surface area contributed by atoms with E-state index in [4.69, 9.17) is 0 Å². The average Bonchev–Trinajstić information content (AvgIpc) is 3.12. The van der Waals surface area contributed by atoms with Crippen LogP contribution in [0.4, 0.5) is 4.39 Å². The first kappa shape index (κ1) is 18.9. The van der Waals surface area contributed by atoms with E-state index >= 15 is 0 Å². The number of halogens is 1. The predicted molar refractivity (Wildman–Crippen MR) is 106 cm³/mol. The number of amides is 1. The van der Waals surface area contributed by atoms with Crippen molar-refractivity contribution in [3.63, 3.8) is 0 Å². The number of aromatic nitrogens is 1. The molecule has 0 saturated heterocycles. The summed E-state index contributed by atoms with van der Waals surface area (Å²) in [6, 6.07) is 20.1. The number of nitrogens with zero attached hydrogens (tertiary/aromatic N) is 2. The largest absolute Gasteiger partial charge is 0.345 e. The van der Waals surface area contributed by atoms with Gasteiger partial charge in [-0.15, -0.1) is 0 Å². The number of benzene rings is 2. The normalized spacial score (nSPS) is 10.7. The first-order chi connectivity index (χ1) is 13.2. The van der Waals surface area contributed by atoms with Crippen molar-refractivity contribution in [2.75, 3.05) is 6.54 Å². The van der Waals surface area contributed by atoms with Crippen molar-refractivity contribution in [2.24, 2.45) is 0 Å². The monoisotopic (exact) mass is 364 g/mol. The first-order valence-corrected chi connectivity index (χ1v) is 9.40. The second-order valence-electron chi connectivity index (χ2n) is 6.70. The summed E-state index contributed by atoms with van der Waals surface area (Å²) in [5, 5.41) is 0. The van der Waals surface area contributed by atoms with E-state index in [0.29, 0.717) is 18.7 Å². The third kappa shape index (κ3) is 5.07. The van der Waals surface area contributed by atoms with Gasteiger partial charge in [0.1, 0.15) is 5.82 Å². The third-order valence-corrected chi connectivity index (χ3v) is 4.63. The number of carbonyl (C=O) groups excluding carboxylic acids is 1. The van der Waals surface area contributed by atoms with Crippen molar-refractivity contribution in [2.45, 2.75) is 32.9 Å². The van der Waals surface area contributed by atoms with E-state index in [2.05, 4.69) is 29.7 Å². The summed E-state index contributed by atoms with van der Waals surface area (Å²) in [6.45, 7) is 4.10. The SMILES string of the molecule is CCCCN(Cc1cccn1Cc1ccccc1)C(=O)c1ccc(F)cc1. The van der Waals surface area contributed by atoms with Gasteiger partial charge in [-0.25, -0.2) is 4.39 Å². The lowest BCUT2D eigenvalue weighted by Gasteiger charge is -2.24. The smallest absolute Gasteiger partial charge is 0.254 e. The molecule has 1 amide bonds. The molecule has 0 spiro atoms. The molecule has 3 rings (SSSR count). The Bertz CT molecular complexity index is 856. The molecule has 0 unspecified atom stereocenters. The maximum absolute atomic E-state index is 13.2. The molecular formula is C23H25FN2O. The van der Waals surface area contributed by atoms with Gasteiger partial charge in [0.05, 0.1) is 6.54 Å². The lowest BCUT2D eigenvalue weighted by atomic mass is 10.1. The molecule has 4 heteroatoms. The third-order valence-electron chi connectivity index (χ3n) is 4.63. The molecule has 0 atom stereocenters. The molecule has 140 valence electrons. The lowest BCUT2D eigenvalue weighted by molar-refractivity contribution is 0.0737. The summed E-state index contributed by atoms with van der Waals surface area (Å²) in [7, 11) is 0. The molecule has 0 radical (unpaired) electrons. The molecule has 27 heavy (non-hydrogen) atoms. The second kappa shape index (κ2) is 9.17. The molecule has 0 N–H and O–H groups in total. The van der Waals surface area contributed by atoms with Crippen LogP contribution in [-0.4, -0.2) is 21.9 Å². The Balaban J connectivity index is 1.78. The highest BCUT2D eigenvalue weighted by molar-refractivity contribution is 5.94. The highest BCUT2D eigenvalue weighted by atomic mass is 19.1. The van der Waals surface area contributed by atoms with Gasteiger partial charge in [-0.1, -0.05) is 43.7 Å². The van der Waals surface area contributed by atoms with Crippen molar-refractivity contribution in [3.05, 3.63) is 95.6 Å². The van der Waals surface area contributed by atoms with Crippen LogP contribution in [0.25, 0.3) is 0 Å². The van der Waals surface area contributed by atoms with Gasteiger partial charge in [0, 0.05) is 30.5 Å². The summed E-state index contributed by atoms with van der Waals surface area (Å²) in [5.41, 5.74) is 2.83. The second-order valence-corrected chi connectivity index (χ2v) is 6.70. The Labute approximate surface area is 160 Å². The van der Waals surface area contributed by atoms with Crippen molar-refractivity contribution in [3.8, 4) is 0 Å². The zero-order valence-corrected chi connectivity index (χ0v) is 15.6. The predicted octanol–water partition coefficient (Wildman–Crippen LogP) is 5.12. The molecule has 2 aromatic carbocycles. The van der Waals surface area contributed by atoms with Crippen molar-refractivity contribution in [1.29, 1.82) is 0 Å². The standard InChI is InChI=1S/C23H25FN2O/c1-2-3-15-26(23(27)20-11-13-21(24)14-12-20)18-22-10-7-16-25(22)17-19-8-5-4-6-9-19/h4-14,16H,2-3,15,17-18H2,1H3. The summed E-state index contributed by atoms with van der Waals surface area (Å²) < 4.78 is 15.4. The lowest BCUT2D eigenvalue weighted by Crippen LogP contribution is -2.32. The molecular weight excluding hydrogens is 339 g/mol. The van der Waals surface area contributed by atoms with Crippen LogP contribution in [0.15, 0.2) is 72.9 Å². The summed E-state index contributed by atoms with van der Waals surface area (Å²) in [5.74, 6) is -0.390. The van der Waals surface area contributed by atoms with Gasteiger partial charge in [-0.3, -0.25) is 4.79 Å². The van der Waals surface area contributed by atoms with Crippen LogP contribution in [-0.2, 0) is 13.1 Å². The molecule has 0 aliphatic heterocycles. The van der Waals surface area contributed by atoms with Crippen molar-refractivity contribution in [1.82, 2.24) is 9.47 Å². The number of hydrogen-bond acceptors (Lipinski definition) is 1.